The first kappa shape index (κ1) is 26.1. The number of aliphatic hydroxyl groups is 1. The number of hydrogen-bond acceptors (Lipinski definition) is 6. The molecule has 0 aromatic carbocycles. The molecular weight excluding hydrogens is 441 g/mol. The number of aliphatic hydroxyl groups excluding tert-OH is 1. The van der Waals surface area contributed by atoms with Gasteiger partial charge in [-0.1, -0.05) is 7.43 Å². The Labute approximate surface area is 181 Å². The number of hydrogen-bond donors (Lipinski definition) is 1. The highest BCUT2D eigenvalue weighted by Crippen LogP contribution is 2.38. The highest BCUT2D eigenvalue weighted by atomic mass is 32.2. The molecule has 1 spiro atoms. The summed E-state index contributed by atoms with van der Waals surface area (Å²) in [5.74, 6) is 0.415. The minimum absolute atomic E-state index is 0. The lowest BCUT2D eigenvalue weighted by Crippen LogP contribution is -2.55. The number of halogens is 3. The van der Waals surface area contributed by atoms with Crippen LogP contribution in [0.4, 0.5) is 18.0 Å². The van der Waals surface area contributed by atoms with Crippen LogP contribution in [0.2, 0.25) is 0 Å². The summed E-state index contributed by atoms with van der Waals surface area (Å²) < 4.78 is 75.1. The Balaban J connectivity index is 0.00000341. The molecule has 1 amide bonds. The molecule has 0 bridgehead atoms. The van der Waals surface area contributed by atoms with Crippen molar-refractivity contribution >= 4 is 16.1 Å². The maximum absolute atomic E-state index is 12.7. The van der Waals surface area contributed by atoms with Crippen molar-refractivity contribution in [2.75, 3.05) is 39.1 Å². The summed E-state index contributed by atoms with van der Waals surface area (Å²) in [6.45, 7) is -0.668. The second-order valence-corrected chi connectivity index (χ2v) is 10.6. The van der Waals surface area contributed by atoms with Gasteiger partial charge in [-0.2, -0.15) is 13.2 Å². The van der Waals surface area contributed by atoms with E-state index in [4.69, 9.17) is 9.84 Å². The number of ether oxygens (including phenoxy) is 2. The number of nitrogens with zero attached hydrogens (tertiary/aromatic N) is 2. The van der Waals surface area contributed by atoms with Gasteiger partial charge in [-0.25, -0.2) is 17.5 Å². The van der Waals surface area contributed by atoms with E-state index in [2.05, 4.69) is 4.74 Å². The minimum atomic E-state index is -4.84. The van der Waals surface area contributed by atoms with Gasteiger partial charge in [0.15, 0.2) is 0 Å². The van der Waals surface area contributed by atoms with Crippen molar-refractivity contribution in [2.45, 2.75) is 69.9 Å². The number of likely N-dealkylation sites (tertiary alicyclic amines) is 1. The Bertz CT molecular complexity index is 721. The van der Waals surface area contributed by atoms with Crippen molar-refractivity contribution < 1.29 is 41.0 Å². The topological polar surface area (TPSA) is 96.4 Å². The molecule has 0 aromatic rings. The molecule has 12 heteroatoms. The van der Waals surface area contributed by atoms with E-state index in [1.165, 1.54) is 9.21 Å². The standard InChI is InChI=1S/C18H29F3N2O6S.CH4/c1-22(30(26,27)12-13-2-3-13)14-4-9-28-17(10-14)5-7-23(8-6-17)16(25)29-15(11-24)18(19,20)21;/h13-15,24H,2-12H2,1H3;1H4/t14?,15-;/m1./s1. The Morgan fingerprint density at radius 2 is 1.90 bits per heavy atom. The summed E-state index contributed by atoms with van der Waals surface area (Å²) in [4.78, 5) is 13.2. The van der Waals surface area contributed by atoms with Crippen LogP contribution in [0.25, 0.3) is 0 Å². The van der Waals surface area contributed by atoms with Gasteiger partial charge in [0.25, 0.3) is 0 Å². The van der Waals surface area contributed by atoms with Crippen molar-refractivity contribution in [3.05, 3.63) is 0 Å². The summed E-state index contributed by atoms with van der Waals surface area (Å²) in [7, 11) is -1.75. The molecule has 3 fully saturated rings. The van der Waals surface area contributed by atoms with Gasteiger partial charge in [0, 0.05) is 32.8 Å². The second-order valence-electron chi connectivity index (χ2n) is 8.50. The highest BCUT2D eigenvalue weighted by molar-refractivity contribution is 7.89. The van der Waals surface area contributed by atoms with Crippen molar-refractivity contribution in [3.8, 4) is 0 Å². The summed E-state index contributed by atoms with van der Waals surface area (Å²) in [5.41, 5.74) is -0.608. The van der Waals surface area contributed by atoms with Crippen molar-refractivity contribution in [1.82, 2.24) is 9.21 Å². The number of alkyl halides is 3. The lowest BCUT2D eigenvalue weighted by atomic mass is 9.82. The molecule has 1 N–H and O–H groups in total. The summed E-state index contributed by atoms with van der Waals surface area (Å²) in [6.07, 6.45) is -4.80. The van der Waals surface area contributed by atoms with Crippen molar-refractivity contribution in [3.63, 3.8) is 0 Å². The molecule has 1 unspecified atom stereocenters. The zero-order chi connectivity index (χ0) is 22.2. The second kappa shape index (κ2) is 9.80. The van der Waals surface area contributed by atoms with Gasteiger partial charge in [0.1, 0.15) is 0 Å². The first-order valence-electron chi connectivity index (χ1n) is 10.2. The van der Waals surface area contributed by atoms with Crippen LogP contribution in [0.1, 0.15) is 46.0 Å². The monoisotopic (exact) mass is 474 g/mol. The van der Waals surface area contributed by atoms with Gasteiger partial charge >= 0.3 is 12.3 Å². The number of carbonyl (C=O) groups is 1. The predicted octanol–water partition coefficient (Wildman–Crippen LogP) is 2.37. The van der Waals surface area contributed by atoms with Crippen LogP contribution in [-0.4, -0.2) is 91.8 Å². The number of sulfonamides is 1. The van der Waals surface area contributed by atoms with Gasteiger partial charge in [0.05, 0.1) is 18.0 Å². The SMILES string of the molecule is C.CN(C1CCOC2(CCN(C(=O)O[C@H](CO)C(F)(F)F)CC2)C1)S(=O)(=O)CC1CC1. The Hall–Kier alpha value is -1.11. The van der Waals surface area contributed by atoms with Gasteiger partial charge in [-0.3, -0.25) is 0 Å². The zero-order valence-corrected chi connectivity index (χ0v) is 17.8. The maximum Gasteiger partial charge on any atom is 0.427 e. The molecular formula is C19H33F3N2O6S. The third-order valence-electron chi connectivity index (χ3n) is 6.27. The molecule has 182 valence electrons. The average Bonchev–Trinajstić information content (AvgIpc) is 3.48. The minimum Gasteiger partial charge on any atom is -0.434 e. The van der Waals surface area contributed by atoms with Gasteiger partial charge in [0.2, 0.25) is 16.1 Å². The van der Waals surface area contributed by atoms with Gasteiger partial charge in [-0.15, -0.1) is 0 Å². The molecule has 3 aliphatic rings. The van der Waals surface area contributed by atoms with Crippen molar-refractivity contribution in [2.24, 2.45) is 5.92 Å². The van der Waals surface area contributed by atoms with Gasteiger partial charge in [-0.05, 0) is 44.4 Å². The largest absolute Gasteiger partial charge is 0.434 e. The third-order valence-corrected chi connectivity index (χ3v) is 8.34. The van der Waals surface area contributed by atoms with E-state index in [0.29, 0.717) is 32.3 Å². The van der Waals surface area contributed by atoms with Crippen LogP contribution in [-0.2, 0) is 19.5 Å². The Kier molecular flexibility index (Phi) is 8.26. The first-order chi connectivity index (χ1) is 14.0. The van der Waals surface area contributed by atoms with E-state index in [-0.39, 0.29) is 38.2 Å². The quantitative estimate of drug-likeness (QED) is 0.635. The van der Waals surface area contributed by atoms with E-state index in [0.717, 1.165) is 12.8 Å². The molecule has 1 saturated carbocycles. The van der Waals surface area contributed by atoms with Crippen LogP contribution in [0.15, 0.2) is 0 Å². The molecule has 2 saturated heterocycles. The molecule has 0 radical (unpaired) electrons. The fraction of sp³-hybridized carbons (Fsp3) is 0.947. The van der Waals surface area contributed by atoms with E-state index in [9.17, 15) is 26.4 Å². The summed E-state index contributed by atoms with van der Waals surface area (Å²) >= 11 is 0. The first-order valence-corrected chi connectivity index (χ1v) is 11.8. The highest BCUT2D eigenvalue weighted by Gasteiger charge is 2.46. The predicted molar refractivity (Wildman–Crippen MR) is 107 cm³/mol. The molecule has 3 rings (SSSR count). The molecule has 31 heavy (non-hydrogen) atoms. The lowest BCUT2D eigenvalue weighted by molar-refractivity contribution is -0.215. The van der Waals surface area contributed by atoms with Crippen LogP contribution < -0.4 is 0 Å². The Morgan fingerprint density at radius 3 is 2.42 bits per heavy atom. The molecule has 0 aromatic heterocycles. The molecule has 2 aliphatic heterocycles. The Morgan fingerprint density at radius 1 is 1.29 bits per heavy atom. The number of amides is 1. The van der Waals surface area contributed by atoms with Gasteiger partial charge < -0.3 is 19.5 Å². The van der Waals surface area contributed by atoms with Crippen molar-refractivity contribution in [1.29, 1.82) is 0 Å². The summed E-state index contributed by atoms with van der Waals surface area (Å²) in [6, 6.07) is -0.204. The average molecular weight is 475 g/mol. The van der Waals surface area contributed by atoms with E-state index >= 15 is 0 Å². The maximum atomic E-state index is 12.7. The number of rotatable bonds is 6. The third kappa shape index (κ3) is 6.45. The fourth-order valence-electron chi connectivity index (χ4n) is 4.09. The molecule has 8 nitrogen and oxygen atoms in total. The number of piperidine rings is 1. The van der Waals surface area contributed by atoms with E-state index in [1.54, 1.807) is 7.05 Å². The number of carbonyl (C=O) groups excluding carboxylic acids is 1. The molecule has 1 aliphatic carbocycles. The van der Waals surface area contributed by atoms with E-state index in [1.807, 2.05) is 0 Å². The smallest absolute Gasteiger partial charge is 0.427 e. The van der Waals surface area contributed by atoms with Crippen LogP contribution >= 0.6 is 0 Å². The lowest BCUT2D eigenvalue weighted by Gasteiger charge is -2.47. The van der Waals surface area contributed by atoms with Crippen LogP contribution in [0.3, 0.4) is 0 Å². The zero-order valence-electron chi connectivity index (χ0n) is 16.9. The molecule has 2 atom stereocenters. The van der Waals surface area contributed by atoms with Crippen LogP contribution in [0.5, 0.6) is 0 Å². The fourth-order valence-corrected chi connectivity index (χ4v) is 5.89. The van der Waals surface area contributed by atoms with Crippen LogP contribution in [0, 0.1) is 5.92 Å². The van der Waals surface area contributed by atoms with E-state index < -0.39 is 40.6 Å². The summed E-state index contributed by atoms with van der Waals surface area (Å²) in [5, 5.41) is 8.82. The normalized spacial score (nSPS) is 25.2. The molecule has 2 heterocycles.